The van der Waals surface area contributed by atoms with E-state index in [1.165, 1.54) is 11.1 Å². The fourth-order valence-corrected chi connectivity index (χ4v) is 11.6. The molecule has 0 amide bonds. The summed E-state index contributed by atoms with van der Waals surface area (Å²) in [6.07, 6.45) is 14.1. The summed E-state index contributed by atoms with van der Waals surface area (Å²) in [5.41, 5.74) is 4.37. The van der Waals surface area contributed by atoms with Gasteiger partial charge in [-0.3, -0.25) is 0 Å². The van der Waals surface area contributed by atoms with Crippen LogP contribution in [0, 0.1) is 6.92 Å². The van der Waals surface area contributed by atoms with E-state index in [0.717, 1.165) is 3.63 Å². The topological polar surface area (TPSA) is 0 Å². The molecule has 0 saturated heterocycles. The Hall–Kier alpha value is -0.677. The summed E-state index contributed by atoms with van der Waals surface area (Å²) >= 11 is -2.34. The Bertz CT molecular complexity index is 592. The Morgan fingerprint density at radius 2 is 1.79 bits per heavy atom. The van der Waals surface area contributed by atoms with E-state index in [0.29, 0.717) is 3.12 Å². The Balaban J connectivity index is 2.09. The summed E-state index contributed by atoms with van der Waals surface area (Å²) in [6, 6.07) is 6.97. The Kier molecular flexibility index (Phi) is 3.10. The number of benzene rings is 1. The average Bonchev–Trinajstić information content (AvgIpc) is 2.98. The fraction of sp³-hybridized carbons (Fsp3) is 0.333. The molecule has 0 bridgehead atoms. The van der Waals surface area contributed by atoms with Crippen LogP contribution in [0.25, 0.3) is 6.08 Å². The van der Waals surface area contributed by atoms with Gasteiger partial charge in [0.2, 0.25) is 0 Å². The van der Waals surface area contributed by atoms with Crippen molar-refractivity contribution in [3.05, 3.63) is 65.3 Å². The van der Waals surface area contributed by atoms with Crippen LogP contribution in [0.2, 0.25) is 12.9 Å². The van der Waals surface area contributed by atoms with Crippen LogP contribution in [0.3, 0.4) is 0 Å². The number of hydrogen-bond acceptors (Lipinski definition) is 0. The minimum absolute atomic E-state index is 0.307. The third-order valence-electron chi connectivity index (χ3n) is 5.28. The van der Waals surface area contributed by atoms with E-state index in [9.17, 15) is 0 Å². The van der Waals surface area contributed by atoms with Gasteiger partial charge in [0.25, 0.3) is 0 Å². The maximum atomic E-state index is 2.60. The molecule has 1 unspecified atom stereocenters. The molecule has 0 N–H and O–H groups in total. The van der Waals surface area contributed by atoms with E-state index >= 15 is 0 Å². The van der Waals surface area contributed by atoms with Crippen molar-refractivity contribution in [2.24, 2.45) is 0 Å². The van der Waals surface area contributed by atoms with Gasteiger partial charge in [0.15, 0.2) is 0 Å². The summed E-state index contributed by atoms with van der Waals surface area (Å²) in [7, 11) is 0. The van der Waals surface area contributed by atoms with Gasteiger partial charge >= 0.3 is 121 Å². The quantitative estimate of drug-likeness (QED) is 0.681. The van der Waals surface area contributed by atoms with Crippen LogP contribution in [-0.2, 0) is 23.4 Å². The van der Waals surface area contributed by atoms with Crippen LogP contribution in [-0.4, -0.2) is 0 Å². The van der Waals surface area contributed by atoms with Crippen LogP contribution < -0.4 is 0 Å². The molecule has 98 valence electrons. The van der Waals surface area contributed by atoms with E-state index in [-0.39, 0.29) is 0 Å². The first kappa shape index (κ1) is 13.3. The third kappa shape index (κ3) is 1.90. The maximum absolute atomic E-state index is 2.60. The number of hydrogen-bond donors (Lipinski definition) is 0. The van der Waals surface area contributed by atoms with Gasteiger partial charge in [0.1, 0.15) is 0 Å². The molecule has 0 radical (unpaired) electrons. The van der Waals surface area contributed by atoms with E-state index in [1.54, 1.807) is 5.56 Å². The molecule has 0 fully saturated rings. The van der Waals surface area contributed by atoms with Gasteiger partial charge in [-0.05, 0) is 0 Å². The number of aryl methyl sites for hydroxylation is 1. The van der Waals surface area contributed by atoms with Crippen molar-refractivity contribution in [1.29, 1.82) is 0 Å². The zero-order valence-corrected chi connectivity index (χ0v) is 14.7. The van der Waals surface area contributed by atoms with Gasteiger partial charge in [-0.15, -0.1) is 0 Å². The van der Waals surface area contributed by atoms with Gasteiger partial charge in [-0.1, -0.05) is 0 Å². The monoisotopic (exact) mass is 328 g/mol. The predicted octanol–water partition coefficient (Wildman–Crippen LogP) is 5.40. The van der Waals surface area contributed by atoms with Crippen LogP contribution in [0.4, 0.5) is 0 Å². The van der Waals surface area contributed by atoms with Gasteiger partial charge in [-0.25, -0.2) is 0 Å². The third-order valence-corrected chi connectivity index (χ3v) is 18.0. The molecule has 1 heteroatoms. The molecule has 0 spiro atoms. The van der Waals surface area contributed by atoms with Crippen molar-refractivity contribution in [1.82, 2.24) is 0 Å². The Morgan fingerprint density at radius 3 is 2.47 bits per heavy atom. The molecule has 1 atom stereocenters. The summed E-state index contributed by atoms with van der Waals surface area (Å²) in [4.78, 5) is 0. The first-order chi connectivity index (χ1) is 8.95. The van der Waals surface area contributed by atoms with Crippen LogP contribution in [0.5, 0.6) is 0 Å². The minimum atomic E-state index is -2.34. The molecule has 0 heterocycles. The van der Waals surface area contributed by atoms with Gasteiger partial charge < -0.3 is 0 Å². The van der Waals surface area contributed by atoms with E-state index in [4.69, 9.17) is 0 Å². The molecule has 1 aromatic carbocycles. The summed E-state index contributed by atoms with van der Waals surface area (Å²) in [5, 5.41) is 0. The zero-order chi connectivity index (χ0) is 13.7. The van der Waals surface area contributed by atoms with Gasteiger partial charge in [-0.2, -0.15) is 0 Å². The van der Waals surface area contributed by atoms with Crippen molar-refractivity contribution in [2.75, 3.05) is 0 Å². The molecule has 0 aliphatic heterocycles. The van der Waals surface area contributed by atoms with Crippen LogP contribution in [0.1, 0.15) is 23.6 Å². The number of fused-ring (bicyclic) bond motifs is 1. The molecule has 0 aromatic heterocycles. The van der Waals surface area contributed by atoms with Crippen molar-refractivity contribution in [3.63, 3.8) is 0 Å². The first-order valence-electron chi connectivity index (χ1n) is 7.10. The van der Waals surface area contributed by atoms with E-state index in [2.05, 4.69) is 77.8 Å². The van der Waals surface area contributed by atoms with Crippen molar-refractivity contribution in [2.45, 2.75) is 29.9 Å². The summed E-state index contributed by atoms with van der Waals surface area (Å²) in [5.74, 6) is 0. The predicted molar refractivity (Wildman–Crippen MR) is 81.3 cm³/mol. The second-order valence-electron chi connectivity index (χ2n) is 6.64. The van der Waals surface area contributed by atoms with Crippen LogP contribution in [0.15, 0.2) is 48.6 Å². The molecule has 2 aliphatic carbocycles. The second kappa shape index (κ2) is 4.42. The van der Waals surface area contributed by atoms with Gasteiger partial charge in [0.05, 0.1) is 0 Å². The fourth-order valence-electron chi connectivity index (χ4n) is 3.46. The van der Waals surface area contributed by atoms with Gasteiger partial charge in [0, 0.05) is 0 Å². The number of allylic oxidation sites excluding steroid dienone is 5. The SMILES string of the molecule is Cc1ccc2c(c1)C=C[C]2(C)[Zr]([CH3])([CH3])[CH]1C=CC=C1. The summed E-state index contributed by atoms with van der Waals surface area (Å²) < 4.78 is 6.22. The molecular weight excluding hydrogens is 307 g/mol. The molecule has 2 aliphatic rings. The second-order valence-corrected chi connectivity index (χ2v) is 19.3. The first-order valence-corrected chi connectivity index (χ1v) is 14.7. The number of rotatable bonds is 2. The normalized spacial score (nSPS) is 25.3. The van der Waals surface area contributed by atoms with Crippen LogP contribution >= 0.6 is 0 Å². The Morgan fingerprint density at radius 1 is 1.11 bits per heavy atom. The van der Waals surface area contributed by atoms with E-state index in [1.807, 2.05) is 0 Å². The average molecular weight is 330 g/mol. The molecule has 3 rings (SSSR count). The van der Waals surface area contributed by atoms with Crippen molar-refractivity contribution < 1.29 is 20.3 Å². The van der Waals surface area contributed by atoms with E-state index < -0.39 is 20.3 Å². The molecular formula is C18H22Zr. The molecule has 1 aromatic rings. The van der Waals surface area contributed by atoms with Crippen molar-refractivity contribution >= 4 is 6.08 Å². The molecule has 0 nitrogen and oxygen atoms in total. The molecule has 0 saturated carbocycles. The standard InChI is InChI=1S/C11H11.C5H5.2CH3.Zr/c1-8-3-6-11-9(2)4-5-10(11)7-8;1-2-4-5-3-1;;;/h3-7H,1-2H3;1-5H;2*1H3;. The van der Waals surface area contributed by atoms with Crippen molar-refractivity contribution in [3.8, 4) is 0 Å². The molecule has 19 heavy (non-hydrogen) atoms. The zero-order valence-electron chi connectivity index (χ0n) is 12.3. The summed E-state index contributed by atoms with van der Waals surface area (Å²) in [6.45, 7) is 4.65. The Labute approximate surface area is 121 Å².